The first kappa shape index (κ1) is 16.1. The van der Waals surface area contributed by atoms with Crippen LogP contribution in [0.5, 0.6) is 5.75 Å². The summed E-state index contributed by atoms with van der Waals surface area (Å²) in [5, 5.41) is 4.76. The van der Waals surface area contributed by atoms with Crippen LogP contribution in [0.3, 0.4) is 0 Å². The van der Waals surface area contributed by atoms with E-state index in [0.29, 0.717) is 0 Å². The van der Waals surface area contributed by atoms with E-state index >= 15 is 0 Å². The highest BCUT2D eigenvalue weighted by Crippen LogP contribution is 2.22. The average Bonchev–Trinajstić information content (AvgIpc) is 2.97. The molecule has 0 radical (unpaired) electrons. The predicted octanol–water partition coefficient (Wildman–Crippen LogP) is 2.80. The number of benzene rings is 2. The van der Waals surface area contributed by atoms with Crippen molar-refractivity contribution in [3.8, 4) is 5.75 Å². The van der Waals surface area contributed by atoms with Gasteiger partial charge < -0.3 is 9.72 Å². The molecule has 1 aromatic heterocycles. The van der Waals surface area contributed by atoms with Gasteiger partial charge >= 0.3 is 0 Å². The third-order valence-electron chi connectivity index (χ3n) is 3.63. The number of nitrogens with zero attached hydrogens (tertiary/aromatic N) is 1. The van der Waals surface area contributed by atoms with Crippen molar-refractivity contribution < 1.29 is 13.2 Å². The van der Waals surface area contributed by atoms with E-state index < -0.39 is 10.0 Å². The molecular formula is C17H17N3O3S. The third kappa shape index (κ3) is 3.26. The third-order valence-corrected chi connectivity index (χ3v) is 4.87. The summed E-state index contributed by atoms with van der Waals surface area (Å²) in [5.41, 5.74) is 2.67. The Morgan fingerprint density at radius 2 is 1.92 bits per heavy atom. The van der Waals surface area contributed by atoms with Crippen LogP contribution in [0.25, 0.3) is 10.9 Å². The van der Waals surface area contributed by atoms with Gasteiger partial charge in [0.1, 0.15) is 5.75 Å². The molecule has 6 nitrogen and oxygen atoms in total. The van der Waals surface area contributed by atoms with E-state index in [-0.39, 0.29) is 4.90 Å². The molecule has 0 unspecified atom stereocenters. The van der Waals surface area contributed by atoms with Crippen molar-refractivity contribution in [3.63, 3.8) is 0 Å². The zero-order valence-corrected chi connectivity index (χ0v) is 14.1. The van der Waals surface area contributed by atoms with Crippen molar-refractivity contribution in [3.05, 3.63) is 59.8 Å². The second-order valence-electron chi connectivity index (χ2n) is 5.32. The van der Waals surface area contributed by atoms with Crippen LogP contribution in [-0.2, 0) is 10.0 Å². The molecule has 24 heavy (non-hydrogen) atoms. The number of methoxy groups -OCH3 is 1. The van der Waals surface area contributed by atoms with Gasteiger partial charge in [0.05, 0.1) is 18.2 Å². The predicted molar refractivity (Wildman–Crippen MR) is 93.9 cm³/mol. The first-order chi connectivity index (χ1) is 11.5. The topological polar surface area (TPSA) is 83.5 Å². The summed E-state index contributed by atoms with van der Waals surface area (Å²) < 4.78 is 29.6. The molecular weight excluding hydrogens is 326 g/mol. The molecule has 2 N–H and O–H groups in total. The summed E-state index contributed by atoms with van der Waals surface area (Å²) in [6, 6.07) is 12.2. The quantitative estimate of drug-likeness (QED) is 0.552. The molecule has 3 rings (SSSR count). The lowest BCUT2D eigenvalue weighted by Crippen LogP contribution is -2.18. The Kier molecular flexibility index (Phi) is 4.26. The van der Waals surface area contributed by atoms with Crippen LogP contribution >= 0.6 is 0 Å². The van der Waals surface area contributed by atoms with Gasteiger partial charge in [-0.3, -0.25) is 0 Å². The molecule has 7 heteroatoms. The molecule has 2 aromatic carbocycles. The summed E-state index contributed by atoms with van der Waals surface area (Å²) in [7, 11) is -2.08. The van der Waals surface area contributed by atoms with E-state index in [2.05, 4.69) is 14.9 Å². The van der Waals surface area contributed by atoms with Crippen LogP contribution in [0, 0.1) is 6.92 Å². The van der Waals surface area contributed by atoms with Crippen LogP contribution in [0.1, 0.15) is 11.1 Å². The highest BCUT2D eigenvalue weighted by Gasteiger charge is 2.12. The number of aromatic nitrogens is 1. The van der Waals surface area contributed by atoms with E-state index in [1.807, 2.05) is 25.1 Å². The van der Waals surface area contributed by atoms with Gasteiger partial charge in [0.25, 0.3) is 10.0 Å². The lowest BCUT2D eigenvalue weighted by atomic mass is 10.2. The molecule has 0 saturated carbocycles. The minimum absolute atomic E-state index is 0.172. The lowest BCUT2D eigenvalue weighted by molar-refractivity contribution is 0.415. The van der Waals surface area contributed by atoms with Gasteiger partial charge in [-0.2, -0.15) is 13.5 Å². The van der Waals surface area contributed by atoms with Gasteiger partial charge in [0, 0.05) is 22.7 Å². The molecule has 0 saturated heterocycles. The van der Waals surface area contributed by atoms with Gasteiger partial charge in [-0.25, -0.2) is 4.83 Å². The van der Waals surface area contributed by atoms with E-state index in [0.717, 1.165) is 27.8 Å². The smallest absolute Gasteiger partial charge is 0.276 e. The van der Waals surface area contributed by atoms with Crippen molar-refractivity contribution in [1.82, 2.24) is 9.82 Å². The maximum atomic E-state index is 12.2. The first-order valence-electron chi connectivity index (χ1n) is 7.26. The summed E-state index contributed by atoms with van der Waals surface area (Å²) in [5.74, 6) is 0.719. The number of fused-ring (bicyclic) bond motifs is 1. The molecule has 0 atom stereocenters. The number of aryl methyl sites for hydroxylation is 1. The number of H-pyrrole nitrogens is 1. The standard InChI is InChI=1S/C17H17N3O3S/c1-12-3-6-15(7-4-12)24(21,22)20-19-11-13-10-18-17-8-5-14(23-2)9-16(13)17/h3-11,18,20H,1-2H3. The summed E-state index contributed by atoms with van der Waals surface area (Å²) in [6.45, 7) is 1.90. The average molecular weight is 343 g/mol. The Labute approximate surface area is 140 Å². The van der Waals surface area contributed by atoms with Crippen molar-refractivity contribution in [2.75, 3.05) is 7.11 Å². The monoisotopic (exact) mass is 343 g/mol. The Balaban J connectivity index is 1.82. The van der Waals surface area contributed by atoms with E-state index in [4.69, 9.17) is 4.74 Å². The number of rotatable bonds is 5. The molecule has 0 spiro atoms. The summed E-state index contributed by atoms with van der Waals surface area (Å²) in [6.07, 6.45) is 3.22. The number of hydrazone groups is 1. The molecule has 0 aliphatic heterocycles. The number of nitrogens with one attached hydrogen (secondary N) is 2. The fraction of sp³-hybridized carbons (Fsp3) is 0.118. The minimum atomic E-state index is -3.68. The SMILES string of the molecule is COc1ccc2[nH]cc(C=NNS(=O)(=O)c3ccc(C)cc3)c2c1. The maximum Gasteiger partial charge on any atom is 0.276 e. The van der Waals surface area contributed by atoms with E-state index in [1.165, 1.54) is 6.21 Å². The first-order valence-corrected chi connectivity index (χ1v) is 8.74. The summed E-state index contributed by atoms with van der Waals surface area (Å²) >= 11 is 0. The van der Waals surface area contributed by atoms with Gasteiger partial charge in [0.2, 0.25) is 0 Å². The van der Waals surface area contributed by atoms with Gasteiger partial charge in [0.15, 0.2) is 0 Å². The van der Waals surface area contributed by atoms with Crippen LogP contribution in [0.15, 0.2) is 58.7 Å². The maximum absolute atomic E-state index is 12.2. The van der Waals surface area contributed by atoms with Crippen LogP contribution in [0.4, 0.5) is 0 Å². The zero-order chi connectivity index (χ0) is 17.2. The zero-order valence-electron chi connectivity index (χ0n) is 13.3. The van der Waals surface area contributed by atoms with E-state index in [9.17, 15) is 8.42 Å². The molecule has 1 heterocycles. The Bertz CT molecular complexity index is 990. The fourth-order valence-corrected chi connectivity index (χ4v) is 3.08. The number of hydrogen-bond acceptors (Lipinski definition) is 4. The largest absolute Gasteiger partial charge is 0.497 e. The highest BCUT2D eigenvalue weighted by molar-refractivity contribution is 7.89. The molecule has 124 valence electrons. The van der Waals surface area contributed by atoms with E-state index in [1.54, 1.807) is 37.6 Å². The highest BCUT2D eigenvalue weighted by atomic mass is 32.2. The number of sulfonamides is 1. The van der Waals surface area contributed by atoms with Gasteiger partial charge in [-0.05, 0) is 37.3 Å². The van der Waals surface area contributed by atoms with Crippen molar-refractivity contribution in [2.24, 2.45) is 5.10 Å². The molecule has 0 aliphatic carbocycles. The van der Waals surface area contributed by atoms with Crippen LogP contribution in [-0.4, -0.2) is 26.7 Å². The number of aromatic amines is 1. The van der Waals surface area contributed by atoms with Crippen LogP contribution in [0.2, 0.25) is 0 Å². The Morgan fingerprint density at radius 1 is 1.17 bits per heavy atom. The fourth-order valence-electron chi connectivity index (χ4n) is 2.29. The molecule has 3 aromatic rings. The van der Waals surface area contributed by atoms with Gasteiger partial charge in [-0.15, -0.1) is 0 Å². The second kappa shape index (κ2) is 6.37. The molecule has 0 fully saturated rings. The molecule has 0 bridgehead atoms. The summed E-state index contributed by atoms with van der Waals surface area (Å²) in [4.78, 5) is 5.50. The number of ether oxygens (including phenoxy) is 1. The van der Waals surface area contributed by atoms with Crippen LogP contribution < -0.4 is 9.57 Å². The normalized spacial score (nSPS) is 11.9. The Hall–Kier alpha value is -2.80. The number of hydrogen-bond donors (Lipinski definition) is 2. The Morgan fingerprint density at radius 3 is 2.62 bits per heavy atom. The molecule has 0 aliphatic rings. The second-order valence-corrected chi connectivity index (χ2v) is 6.98. The van der Waals surface area contributed by atoms with Crippen molar-refractivity contribution in [2.45, 2.75) is 11.8 Å². The van der Waals surface area contributed by atoms with Crippen molar-refractivity contribution in [1.29, 1.82) is 0 Å². The molecule has 0 amide bonds. The lowest BCUT2D eigenvalue weighted by Gasteiger charge is -2.03. The van der Waals surface area contributed by atoms with Gasteiger partial charge in [-0.1, -0.05) is 17.7 Å². The van der Waals surface area contributed by atoms with Crippen molar-refractivity contribution >= 4 is 27.1 Å². The minimum Gasteiger partial charge on any atom is -0.497 e.